The smallest absolute Gasteiger partial charge is 0.453 e. The lowest BCUT2D eigenvalue weighted by Crippen LogP contribution is -2.40. The van der Waals surface area contributed by atoms with Crippen LogP contribution in [0.1, 0.15) is 61.6 Å². The zero-order valence-electron chi connectivity index (χ0n) is 24.4. The quantitative estimate of drug-likeness (QED) is 0.138. The lowest BCUT2D eigenvalue weighted by atomic mass is 9.66. The maximum Gasteiger partial charge on any atom is 0.453 e. The van der Waals surface area contributed by atoms with E-state index in [4.69, 9.17) is 9.47 Å². The largest absolute Gasteiger partial charge is 0.508 e. The standard InChI is InChI=1S/C33H37F5O5S/c1-31(24-9-11-25(39)12-10-24)22-43-30-21-26(40)13-16-28(30)29(31)6-2-5-23-7-14-27(15-8-23)42-18-4-20-44(41)19-3-17-32(34,35)33(36,37)38/h7-16,21,29,39-40H,2-6,17-20,22H2,1H3/t29?,31-,44?/m1/s1. The predicted octanol–water partition coefficient (Wildman–Crippen LogP) is 8.05. The third-order valence-electron chi connectivity index (χ3n) is 8.14. The topological polar surface area (TPSA) is 76.0 Å². The highest BCUT2D eigenvalue weighted by Gasteiger charge is 2.56. The predicted molar refractivity (Wildman–Crippen MR) is 159 cm³/mol. The van der Waals surface area contributed by atoms with Crippen molar-refractivity contribution in [3.05, 3.63) is 83.4 Å². The summed E-state index contributed by atoms with van der Waals surface area (Å²) in [6.45, 7) is 2.85. The molecule has 1 aliphatic rings. The molecule has 44 heavy (non-hydrogen) atoms. The minimum atomic E-state index is -5.59. The number of ether oxygens (including phenoxy) is 2. The van der Waals surface area contributed by atoms with Crippen molar-refractivity contribution >= 4 is 10.8 Å². The summed E-state index contributed by atoms with van der Waals surface area (Å²) in [5.41, 5.74) is 2.88. The summed E-state index contributed by atoms with van der Waals surface area (Å²) in [7, 11) is -1.50. The van der Waals surface area contributed by atoms with Gasteiger partial charge in [-0.25, -0.2) is 0 Å². The molecule has 11 heteroatoms. The number of phenols is 2. The Morgan fingerprint density at radius 3 is 2.25 bits per heavy atom. The zero-order valence-corrected chi connectivity index (χ0v) is 25.2. The molecule has 0 saturated carbocycles. The van der Waals surface area contributed by atoms with E-state index in [0.717, 1.165) is 36.0 Å². The molecule has 1 heterocycles. The van der Waals surface area contributed by atoms with Crippen LogP contribution in [0.25, 0.3) is 0 Å². The molecule has 0 radical (unpaired) electrons. The lowest BCUT2D eigenvalue weighted by molar-refractivity contribution is -0.284. The minimum absolute atomic E-state index is 0.116. The highest BCUT2D eigenvalue weighted by Crippen LogP contribution is 2.49. The van der Waals surface area contributed by atoms with Crippen LogP contribution in [0.2, 0.25) is 0 Å². The average molecular weight is 641 g/mol. The summed E-state index contributed by atoms with van der Waals surface area (Å²) in [6.07, 6.45) is -4.47. The molecule has 3 aromatic rings. The van der Waals surface area contributed by atoms with Gasteiger partial charge in [0, 0.05) is 46.1 Å². The van der Waals surface area contributed by atoms with Crippen molar-refractivity contribution in [1.82, 2.24) is 0 Å². The number of aryl methyl sites for hydroxylation is 1. The van der Waals surface area contributed by atoms with Crippen molar-refractivity contribution in [3.63, 3.8) is 0 Å². The minimum Gasteiger partial charge on any atom is -0.508 e. The van der Waals surface area contributed by atoms with Gasteiger partial charge in [0.15, 0.2) is 0 Å². The second-order valence-electron chi connectivity index (χ2n) is 11.4. The second-order valence-corrected chi connectivity index (χ2v) is 13.1. The Hall–Kier alpha value is -3.34. The Morgan fingerprint density at radius 1 is 0.909 bits per heavy atom. The Morgan fingerprint density at radius 2 is 1.57 bits per heavy atom. The lowest BCUT2D eigenvalue weighted by Gasteiger charge is -2.43. The fourth-order valence-corrected chi connectivity index (χ4v) is 6.69. The monoisotopic (exact) mass is 640 g/mol. The van der Waals surface area contributed by atoms with Crippen LogP contribution in [-0.4, -0.2) is 51.2 Å². The van der Waals surface area contributed by atoms with Gasteiger partial charge in [-0.2, -0.15) is 22.0 Å². The third-order valence-corrected chi connectivity index (χ3v) is 9.63. The van der Waals surface area contributed by atoms with E-state index in [-0.39, 0.29) is 40.9 Å². The van der Waals surface area contributed by atoms with Crippen LogP contribution in [0.5, 0.6) is 23.0 Å². The molecule has 1 aliphatic heterocycles. The van der Waals surface area contributed by atoms with Gasteiger partial charge in [-0.15, -0.1) is 0 Å². The number of benzene rings is 3. The van der Waals surface area contributed by atoms with E-state index in [2.05, 4.69) is 6.92 Å². The van der Waals surface area contributed by atoms with Crippen molar-refractivity contribution < 1.29 is 45.8 Å². The first-order valence-corrected chi connectivity index (χ1v) is 16.0. The molecule has 3 aromatic carbocycles. The van der Waals surface area contributed by atoms with E-state index in [0.29, 0.717) is 24.5 Å². The fraction of sp³-hybridized carbons (Fsp3) is 0.455. The molecular weight excluding hydrogens is 603 g/mol. The van der Waals surface area contributed by atoms with Crippen LogP contribution < -0.4 is 9.47 Å². The van der Waals surface area contributed by atoms with Gasteiger partial charge in [0.2, 0.25) is 0 Å². The van der Waals surface area contributed by atoms with Crippen molar-refractivity contribution in [2.75, 3.05) is 24.7 Å². The average Bonchev–Trinajstić information content (AvgIpc) is 2.97. The Labute approximate surface area is 256 Å². The molecule has 4 rings (SSSR count). The first kappa shape index (κ1) is 33.6. The molecule has 5 nitrogen and oxygen atoms in total. The maximum atomic E-state index is 13.0. The molecule has 0 aliphatic carbocycles. The van der Waals surface area contributed by atoms with Crippen molar-refractivity contribution in [1.29, 1.82) is 0 Å². The highest BCUT2D eigenvalue weighted by atomic mass is 32.2. The molecular formula is C33H37F5O5S. The molecule has 3 atom stereocenters. The summed E-state index contributed by atoms with van der Waals surface area (Å²) >= 11 is 0. The van der Waals surface area contributed by atoms with Crippen LogP contribution in [0, 0.1) is 0 Å². The number of phenolic OH excluding ortho intramolecular Hbond substituents is 2. The number of hydrogen-bond acceptors (Lipinski definition) is 5. The SMILES string of the molecule is C[C@]1(c2ccc(O)cc2)COc2cc(O)ccc2C1CCCc1ccc(OCCCS(=O)CCCC(F)(F)C(F)(F)F)cc1. The van der Waals surface area contributed by atoms with E-state index in [1.807, 2.05) is 42.5 Å². The number of rotatable bonds is 14. The summed E-state index contributed by atoms with van der Waals surface area (Å²) in [4.78, 5) is 0. The van der Waals surface area contributed by atoms with Crippen LogP contribution in [0.4, 0.5) is 22.0 Å². The Balaban J connectivity index is 1.25. The fourth-order valence-electron chi connectivity index (χ4n) is 5.58. The number of halogens is 5. The number of alkyl halides is 5. The number of fused-ring (bicyclic) bond motifs is 1. The van der Waals surface area contributed by atoms with Crippen molar-refractivity contribution in [2.24, 2.45) is 0 Å². The molecule has 0 aromatic heterocycles. The van der Waals surface area contributed by atoms with Gasteiger partial charge in [-0.3, -0.25) is 4.21 Å². The van der Waals surface area contributed by atoms with Crippen molar-refractivity contribution in [2.45, 2.75) is 68.9 Å². The molecule has 2 unspecified atom stereocenters. The highest BCUT2D eigenvalue weighted by molar-refractivity contribution is 7.84. The van der Waals surface area contributed by atoms with Gasteiger partial charge in [-0.1, -0.05) is 37.3 Å². The van der Waals surface area contributed by atoms with Crippen LogP contribution in [-0.2, 0) is 22.6 Å². The van der Waals surface area contributed by atoms with Gasteiger partial charge < -0.3 is 19.7 Å². The summed E-state index contributed by atoms with van der Waals surface area (Å²) in [5, 5.41) is 19.8. The van der Waals surface area contributed by atoms with Gasteiger partial charge in [0.1, 0.15) is 23.0 Å². The molecule has 0 amide bonds. The summed E-state index contributed by atoms with van der Waals surface area (Å²) in [6, 6.07) is 20.1. The van der Waals surface area contributed by atoms with E-state index in [1.54, 1.807) is 24.3 Å². The third kappa shape index (κ3) is 8.43. The normalized spacial score (nSPS) is 19.2. The van der Waals surface area contributed by atoms with Crippen LogP contribution in [0.3, 0.4) is 0 Å². The first-order chi connectivity index (χ1) is 20.8. The first-order valence-electron chi connectivity index (χ1n) is 14.5. The molecule has 0 saturated heterocycles. The summed E-state index contributed by atoms with van der Waals surface area (Å²) < 4.78 is 86.4. The second kappa shape index (κ2) is 14.2. The van der Waals surface area contributed by atoms with E-state index in [9.17, 15) is 36.4 Å². The zero-order chi connectivity index (χ0) is 32.0. The number of hydrogen-bond donors (Lipinski definition) is 2. The molecule has 2 N–H and O–H groups in total. The van der Waals surface area contributed by atoms with Crippen LogP contribution >= 0.6 is 0 Å². The van der Waals surface area contributed by atoms with Gasteiger partial charge in [0.05, 0.1) is 13.2 Å². The van der Waals surface area contributed by atoms with Crippen molar-refractivity contribution in [3.8, 4) is 23.0 Å². The van der Waals surface area contributed by atoms with Crippen LogP contribution in [0.15, 0.2) is 66.7 Å². The van der Waals surface area contributed by atoms with Gasteiger partial charge >= 0.3 is 12.1 Å². The van der Waals surface area contributed by atoms with E-state index >= 15 is 0 Å². The maximum absolute atomic E-state index is 13.0. The van der Waals surface area contributed by atoms with Gasteiger partial charge in [0.25, 0.3) is 0 Å². The molecule has 240 valence electrons. The van der Waals surface area contributed by atoms with E-state index in [1.165, 1.54) is 0 Å². The van der Waals surface area contributed by atoms with E-state index < -0.39 is 35.7 Å². The summed E-state index contributed by atoms with van der Waals surface area (Å²) in [5.74, 6) is -3.04. The number of aromatic hydroxyl groups is 2. The molecule has 0 bridgehead atoms. The Kier molecular flexibility index (Phi) is 10.8. The molecule has 0 fully saturated rings. The Bertz CT molecular complexity index is 1400. The van der Waals surface area contributed by atoms with Gasteiger partial charge in [-0.05, 0) is 79.1 Å². The molecule has 0 spiro atoms.